The Morgan fingerprint density at radius 3 is 2.38 bits per heavy atom. The maximum absolute atomic E-state index is 12.3. The van der Waals surface area contributed by atoms with Crippen molar-refractivity contribution in [3.63, 3.8) is 0 Å². The molecule has 0 radical (unpaired) electrons. The van der Waals surface area contributed by atoms with Gasteiger partial charge in [-0.1, -0.05) is 12.1 Å². The smallest absolute Gasteiger partial charge is 0.252 e. The van der Waals surface area contributed by atoms with Crippen LogP contribution in [0.15, 0.2) is 24.3 Å². The molecule has 1 aliphatic rings. The lowest BCUT2D eigenvalue weighted by atomic mass is 9.91. The molecule has 1 fully saturated rings. The Morgan fingerprint density at radius 1 is 1.12 bits per heavy atom. The first-order valence-corrected chi connectivity index (χ1v) is 8.03. The van der Waals surface area contributed by atoms with E-state index >= 15 is 0 Å². The molecule has 1 saturated heterocycles. The summed E-state index contributed by atoms with van der Waals surface area (Å²) in [5, 5.41) is 8.64. The Bertz CT molecular complexity index is 553. The summed E-state index contributed by atoms with van der Waals surface area (Å²) in [6, 6.07) is 7.44. The predicted molar refractivity (Wildman–Crippen MR) is 89.7 cm³/mol. The molecule has 132 valence electrons. The zero-order chi connectivity index (χ0) is 17.4. The Labute approximate surface area is 142 Å². The molecule has 0 aromatic heterocycles. The lowest BCUT2D eigenvalue weighted by Crippen LogP contribution is -2.55. The van der Waals surface area contributed by atoms with Crippen molar-refractivity contribution in [1.29, 1.82) is 0 Å². The molecule has 2 rings (SSSR count). The molecular weight excluding hydrogens is 310 g/mol. The number of methoxy groups -OCH3 is 2. The van der Waals surface area contributed by atoms with Gasteiger partial charge < -0.3 is 25.4 Å². The maximum atomic E-state index is 12.3. The summed E-state index contributed by atoms with van der Waals surface area (Å²) in [6.45, 7) is 1.79. The van der Waals surface area contributed by atoms with E-state index < -0.39 is 5.60 Å². The zero-order valence-corrected chi connectivity index (χ0v) is 14.2. The summed E-state index contributed by atoms with van der Waals surface area (Å²) < 4.78 is 10.5. The molecule has 1 aromatic rings. The zero-order valence-electron chi connectivity index (χ0n) is 14.2. The van der Waals surface area contributed by atoms with Gasteiger partial charge in [0.15, 0.2) is 0 Å². The summed E-state index contributed by atoms with van der Waals surface area (Å²) in [7, 11) is 3.14. The average molecular weight is 335 g/mol. The maximum Gasteiger partial charge on any atom is 0.252 e. The minimum absolute atomic E-state index is 0.0620. The van der Waals surface area contributed by atoms with Crippen LogP contribution >= 0.6 is 0 Å². The molecule has 0 spiro atoms. The van der Waals surface area contributed by atoms with Crippen molar-refractivity contribution in [2.45, 2.75) is 25.0 Å². The number of ether oxygens (including phenoxy) is 2. The fraction of sp³-hybridized carbons (Fsp3) is 0.529. The molecule has 1 aromatic carbocycles. The van der Waals surface area contributed by atoms with Crippen LogP contribution in [-0.2, 0) is 20.9 Å². The number of carbonyl (C=O) groups excluding carboxylic acids is 2. The van der Waals surface area contributed by atoms with Crippen LogP contribution in [0, 0.1) is 0 Å². The third kappa shape index (κ3) is 4.69. The van der Waals surface area contributed by atoms with Gasteiger partial charge in [-0.2, -0.15) is 0 Å². The fourth-order valence-corrected chi connectivity index (χ4v) is 2.68. The van der Waals surface area contributed by atoms with Crippen molar-refractivity contribution in [3.8, 4) is 5.75 Å². The van der Waals surface area contributed by atoms with Gasteiger partial charge in [0.25, 0.3) is 5.91 Å². The molecule has 24 heavy (non-hydrogen) atoms. The van der Waals surface area contributed by atoms with Crippen LogP contribution in [0.1, 0.15) is 18.4 Å². The molecule has 0 atom stereocenters. The molecule has 1 heterocycles. The van der Waals surface area contributed by atoms with Gasteiger partial charge in [0.2, 0.25) is 5.91 Å². The van der Waals surface area contributed by atoms with E-state index in [1.165, 1.54) is 7.11 Å². The Morgan fingerprint density at radius 2 is 1.79 bits per heavy atom. The molecule has 0 unspecified atom stereocenters. The van der Waals surface area contributed by atoms with Crippen LogP contribution in [0.3, 0.4) is 0 Å². The van der Waals surface area contributed by atoms with Gasteiger partial charge >= 0.3 is 0 Å². The van der Waals surface area contributed by atoms with E-state index in [9.17, 15) is 9.59 Å². The first-order chi connectivity index (χ1) is 11.6. The van der Waals surface area contributed by atoms with Crippen LogP contribution in [0.5, 0.6) is 5.75 Å². The third-order valence-corrected chi connectivity index (χ3v) is 4.27. The van der Waals surface area contributed by atoms with Crippen molar-refractivity contribution in [2.24, 2.45) is 0 Å². The number of hydrogen-bond donors (Lipinski definition) is 3. The standard InChI is InChI=1S/C17H25N3O4/c1-23-14-5-3-13(4-6-14)11-19-15(21)12-20-16(22)17(24-2)7-9-18-10-8-17/h3-6,18H,7-12H2,1-2H3,(H,19,21)(H,20,22). The largest absolute Gasteiger partial charge is 0.497 e. The van der Waals surface area contributed by atoms with Crippen molar-refractivity contribution >= 4 is 11.8 Å². The fourth-order valence-electron chi connectivity index (χ4n) is 2.68. The summed E-state index contributed by atoms with van der Waals surface area (Å²) in [5.74, 6) is 0.301. The summed E-state index contributed by atoms with van der Waals surface area (Å²) in [6.07, 6.45) is 1.20. The van der Waals surface area contributed by atoms with E-state index in [1.54, 1.807) is 7.11 Å². The highest BCUT2D eigenvalue weighted by atomic mass is 16.5. The lowest BCUT2D eigenvalue weighted by Gasteiger charge is -2.34. The Balaban J connectivity index is 1.76. The number of benzene rings is 1. The van der Waals surface area contributed by atoms with Crippen LogP contribution in [0.25, 0.3) is 0 Å². The number of rotatable bonds is 7. The first kappa shape index (κ1) is 18.2. The van der Waals surface area contributed by atoms with Gasteiger partial charge in [0.1, 0.15) is 11.4 Å². The number of hydrogen-bond acceptors (Lipinski definition) is 5. The van der Waals surface area contributed by atoms with E-state index in [4.69, 9.17) is 9.47 Å². The van der Waals surface area contributed by atoms with E-state index in [0.717, 1.165) is 24.4 Å². The second-order valence-electron chi connectivity index (χ2n) is 5.76. The quantitative estimate of drug-likeness (QED) is 0.662. The summed E-state index contributed by atoms with van der Waals surface area (Å²) in [5.41, 5.74) is 0.129. The summed E-state index contributed by atoms with van der Waals surface area (Å²) >= 11 is 0. The number of carbonyl (C=O) groups is 2. The summed E-state index contributed by atoms with van der Waals surface area (Å²) in [4.78, 5) is 24.3. The molecule has 7 heteroatoms. The van der Waals surface area contributed by atoms with Crippen molar-refractivity contribution in [1.82, 2.24) is 16.0 Å². The van der Waals surface area contributed by atoms with Gasteiger partial charge in [0.05, 0.1) is 13.7 Å². The second-order valence-corrected chi connectivity index (χ2v) is 5.76. The van der Waals surface area contributed by atoms with Crippen molar-refractivity contribution in [2.75, 3.05) is 33.9 Å². The van der Waals surface area contributed by atoms with E-state index in [0.29, 0.717) is 19.4 Å². The van der Waals surface area contributed by atoms with Gasteiger partial charge in [-0.25, -0.2) is 0 Å². The molecule has 0 saturated carbocycles. The van der Waals surface area contributed by atoms with E-state index in [-0.39, 0.29) is 18.4 Å². The molecule has 0 bridgehead atoms. The number of piperidine rings is 1. The molecular formula is C17H25N3O4. The average Bonchev–Trinajstić information content (AvgIpc) is 2.65. The van der Waals surface area contributed by atoms with Gasteiger partial charge in [0, 0.05) is 13.7 Å². The molecule has 3 N–H and O–H groups in total. The van der Waals surface area contributed by atoms with E-state index in [1.807, 2.05) is 24.3 Å². The second kappa shape index (κ2) is 8.65. The Hall–Kier alpha value is -2.12. The molecule has 2 amide bonds. The predicted octanol–water partition coefficient (Wildman–Crippen LogP) is 0.196. The van der Waals surface area contributed by atoms with Crippen LogP contribution in [0.4, 0.5) is 0 Å². The van der Waals surface area contributed by atoms with Gasteiger partial charge in [-0.15, -0.1) is 0 Å². The highest BCUT2D eigenvalue weighted by molar-refractivity contribution is 5.89. The van der Waals surface area contributed by atoms with Crippen LogP contribution < -0.4 is 20.7 Å². The monoisotopic (exact) mass is 335 g/mol. The lowest BCUT2D eigenvalue weighted by molar-refractivity contribution is -0.147. The highest BCUT2D eigenvalue weighted by Gasteiger charge is 2.39. The first-order valence-electron chi connectivity index (χ1n) is 8.03. The normalized spacial score (nSPS) is 16.2. The van der Waals surface area contributed by atoms with Gasteiger partial charge in [-0.05, 0) is 43.6 Å². The van der Waals surface area contributed by atoms with Gasteiger partial charge in [-0.3, -0.25) is 9.59 Å². The highest BCUT2D eigenvalue weighted by Crippen LogP contribution is 2.22. The third-order valence-electron chi connectivity index (χ3n) is 4.27. The topological polar surface area (TPSA) is 88.7 Å². The number of amides is 2. The van der Waals surface area contributed by atoms with Crippen LogP contribution in [0.2, 0.25) is 0 Å². The minimum Gasteiger partial charge on any atom is -0.497 e. The Kier molecular flexibility index (Phi) is 6.57. The molecule has 7 nitrogen and oxygen atoms in total. The molecule has 0 aliphatic carbocycles. The number of nitrogens with one attached hydrogen (secondary N) is 3. The minimum atomic E-state index is -0.832. The molecule has 1 aliphatic heterocycles. The van der Waals surface area contributed by atoms with Crippen molar-refractivity contribution < 1.29 is 19.1 Å². The van der Waals surface area contributed by atoms with E-state index in [2.05, 4.69) is 16.0 Å². The van der Waals surface area contributed by atoms with Crippen LogP contribution in [-0.4, -0.2) is 51.3 Å². The SMILES string of the molecule is COc1ccc(CNC(=O)CNC(=O)C2(OC)CCNCC2)cc1. The van der Waals surface area contributed by atoms with Crippen molar-refractivity contribution in [3.05, 3.63) is 29.8 Å².